The molecule has 0 amide bonds. The Balaban J connectivity index is 1.27. The number of rotatable bonds is 3. The fourth-order valence-electron chi connectivity index (χ4n) is 5.89. The molecule has 1 aliphatic heterocycles. The summed E-state index contributed by atoms with van der Waals surface area (Å²) in [5.74, 6) is 3.67. The van der Waals surface area contributed by atoms with Gasteiger partial charge in [-0.2, -0.15) is 0 Å². The quantitative estimate of drug-likeness (QED) is 0.240. The number of fused-ring (bicyclic) bond motifs is 11. The molecule has 4 aromatic carbocycles. The molecule has 4 heterocycles. The predicted molar refractivity (Wildman–Crippen MR) is 162 cm³/mol. The lowest BCUT2D eigenvalue weighted by Crippen LogP contribution is -2.05. The number of aromatic nitrogens is 4. The summed E-state index contributed by atoms with van der Waals surface area (Å²) in [4.78, 5) is 16.9. The molecule has 5 nitrogen and oxygen atoms in total. The lowest BCUT2D eigenvalue weighted by atomic mass is 9.95. The van der Waals surface area contributed by atoms with Gasteiger partial charge in [-0.15, -0.1) is 11.3 Å². The monoisotopic (exact) mass is 528 g/mol. The Hall–Kier alpha value is -4.16. The van der Waals surface area contributed by atoms with Crippen molar-refractivity contribution < 1.29 is 4.74 Å². The Labute approximate surface area is 229 Å². The molecular formula is C33H28N4OS. The smallest absolute Gasteiger partial charge is 0.137 e. The Bertz CT molecular complexity index is 2090. The van der Waals surface area contributed by atoms with Gasteiger partial charge in [0.15, 0.2) is 0 Å². The van der Waals surface area contributed by atoms with Gasteiger partial charge in [0, 0.05) is 43.6 Å². The van der Waals surface area contributed by atoms with Crippen molar-refractivity contribution in [2.24, 2.45) is 0 Å². The average Bonchev–Trinajstić information content (AvgIpc) is 3.70. The van der Waals surface area contributed by atoms with Crippen LogP contribution in [0, 0.1) is 0 Å². The van der Waals surface area contributed by atoms with Gasteiger partial charge in [-0.25, -0.2) is 9.97 Å². The molecule has 39 heavy (non-hydrogen) atoms. The highest BCUT2D eigenvalue weighted by molar-refractivity contribution is 7.18. The first kappa shape index (κ1) is 22.8. The molecule has 3 aromatic heterocycles. The number of H-pyrrole nitrogens is 2. The van der Waals surface area contributed by atoms with Gasteiger partial charge in [-0.3, -0.25) is 0 Å². The maximum atomic E-state index is 6.28. The van der Waals surface area contributed by atoms with E-state index in [4.69, 9.17) is 14.7 Å². The average molecular weight is 529 g/mol. The molecule has 0 aliphatic carbocycles. The summed E-state index contributed by atoms with van der Waals surface area (Å²) in [6.45, 7) is 9.20. The van der Waals surface area contributed by atoms with E-state index in [0.29, 0.717) is 18.4 Å². The van der Waals surface area contributed by atoms with Gasteiger partial charge < -0.3 is 14.7 Å². The van der Waals surface area contributed by atoms with Crippen LogP contribution in [-0.2, 0) is 6.61 Å². The van der Waals surface area contributed by atoms with Crippen molar-refractivity contribution in [1.82, 2.24) is 19.9 Å². The van der Waals surface area contributed by atoms with Crippen molar-refractivity contribution in [3.63, 3.8) is 0 Å². The van der Waals surface area contributed by atoms with Gasteiger partial charge >= 0.3 is 0 Å². The van der Waals surface area contributed by atoms with Crippen LogP contribution < -0.4 is 4.74 Å². The molecule has 6 heteroatoms. The third-order valence-corrected chi connectivity index (χ3v) is 8.93. The number of hydrogen-bond acceptors (Lipinski definition) is 4. The van der Waals surface area contributed by atoms with E-state index < -0.39 is 0 Å². The van der Waals surface area contributed by atoms with E-state index in [2.05, 4.69) is 97.6 Å². The predicted octanol–water partition coefficient (Wildman–Crippen LogP) is 9.28. The third-order valence-electron chi connectivity index (χ3n) is 7.99. The maximum Gasteiger partial charge on any atom is 0.137 e. The molecule has 2 N–H and O–H groups in total. The van der Waals surface area contributed by atoms with Crippen LogP contribution in [0.15, 0.2) is 60.0 Å². The molecule has 0 spiro atoms. The number of hydrogen-bond donors (Lipinski definition) is 2. The number of imidazole rings is 2. The second-order valence-corrected chi connectivity index (χ2v) is 12.1. The lowest BCUT2D eigenvalue weighted by molar-refractivity contribution is 0.301. The Kier molecular flexibility index (Phi) is 4.77. The minimum Gasteiger partial charge on any atom is -0.486 e. The second-order valence-electron chi connectivity index (χ2n) is 11.2. The molecule has 8 rings (SSSR count). The molecule has 192 valence electrons. The molecule has 0 radical (unpaired) electrons. The van der Waals surface area contributed by atoms with Gasteiger partial charge in [0.25, 0.3) is 0 Å². The molecule has 7 aromatic rings. The van der Waals surface area contributed by atoms with E-state index in [1.54, 1.807) is 11.3 Å². The van der Waals surface area contributed by atoms with Crippen LogP contribution in [-0.4, -0.2) is 19.9 Å². The molecule has 0 saturated carbocycles. The largest absolute Gasteiger partial charge is 0.486 e. The first-order valence-electron chi connectivity index (χ1n) is 13.6. The highest BCUT2D eigenvalue weighted by Crippen LogP contribution is 2.44. The summed E-state index contributed by atoms with van der Waals surface area (Å²) in [6, 6.07) is 20.1. The van der Waals surface area contributed by atoms with Crippen molar-refractivity contribution in [2.45, 2.75) is 46.1 Å². The first-order valence-corrected chi connectivity index (χ1v) is 14.5. The molecule has 0 bridgehead atoms. The summed E-state index contributed by atoms with van der Waals surface area (Å²) in [6.07, 6.45) is 0. The summed E-state index contributed by atoms with van der Waals surface area (Å²) < 4.78 is 7.57. The molecule has 0 atom stereocenters. The molecule has 0 unspecified atom stereocenters. The molecular weight excluding hydrogens is 500 g/mol. The topological polar surface area (TPSA) is 66.6 Å². The van der Waals surface area contributed by atoms with Gasteiger partial charge in [-0.05, 0) is 46.2 Å². The Morgan fingerprint density at radius 2 is 1.54 bits per heavy atom. The van der Waals surface area contributed by atoms with Crippen LogP contribution in [0.1, 0.15) is 56.9 Å². The van der Waals surface area contributed by atoms with Crippen LogP contribution >= 0.6 is 11.3 Å². The Morgan fingerprint density at radius 1 is 0.769 bits per heavy atom. The zero-order valence-corrected chi connectivity index (χ0v) is 23.2. The number of thiophene rings is 1. The van der Waals surface area contributed by atoms with E-state index in [1.807, 2.05) is 0 Å². The summed E-state index contributed by atoms with van der Waals surface area (Å²) in [7, 11) is 0. The molecule has 1 aliphatic rings. The van der Waals surface area contributed by atoms with Crippen molar-refractivity contribution in [3.05, 3.63) is 77.3 Å². The number of nitrogens with zero attached hydrogens (tertiary/aromatic N) is 2. The summed E-state index contributed by atoms with van der Waals surface area (Å²) in [5.41, 5.74) is 7.75. The Morgan fingerprint density at radius 3 is 2.36 bits per heavy atom. The number of nitrogens with one attached hydrogen (secondary N) is 2. The number of benzene rings is 4. The van der Waals surface area contributed by atoms with E-state index in [0.717, 1.165) is 50.8 Å². The van der Waals surface area contributed by atoms with Crippen LogP contribution in [0.2, 0.25) is 0 Å². The minimum absolute atomic E-state index is 0.348. The molecule has 0 fully saturated rings. The second kappa shape index (κ2) is 8.17. The van der Waals surface area contributed by atoms with Gasteiger partial charge in [0.2, 0.25) is 0 Å². The lowest BCUT2D eigenvalue weighted by Gasteiger charge is -2.19. The first-order chi connectivity index (χ1) is 19.0. The van der Waals surface area contributed by atoms with Crippen LogP contribution in [0.4, 0.5) is 0 Å². The zero-order valence-electron chi connectivity index (χ0n) is 22.3. The summed E-state index contributed by atoms with van der Waals surface area (Å²) >= 11 is 1.79. The normalized spacial score (nSPS) is 13.2. The van der Waals surface area contributed by atoms with Crippen LogP contribution in [0.3, 0.4) is 0 Å². The standard InChI is InChI=1S/C33H28N4OS/c1-16(2)32-34-26-15-38-30-21-8-5-18(13-20(21)7-10-23(30)27(26)35-32)19-6-9-22-25(14-19)31-24(11-12-39-31)29-28(22)36-33(37-29)17(3)4/h5-14,16-17H,15H2,1-4H3,(H,34,35)(H,36,37). The van der Waals surface area contributed by atoms with Crippen molar-refractivity contribution in [2.75, 3.05) is 0 Å². The highest BCUT2D eigenvalue weighted by atomic mass is 32.1. The van der Waals surface area contributed by atoms with E-state index >= 15 is 0 Å². The third kappa shape index (κ3) is 3.31. The SMILES string of the molecule is CC(C)c1nc2c([nH]1)COc1c-2ccc2cc(-c3ccc4c(c3)c3sccc3c3nc(C(C)C)[nH]c43)ccc12. The fourth-order valence-corrected chi connectivity index (χ4v) is 6.81. The van der Waals surface area contributed by atoms with Gasteiger partial charge in [-0.1, -0.05) is 58.0 Å². The van der Waals surface area contributed by atoms with Crippen molar-refractivity contribution in [1.29, 1.82) is 0 Å². The number of ether oxygens (including phenoxy) is 1. The van der Waals surface area contributed by atoms with Crippen LogP contribution in [0.25, 0.3) is 65.0 Å². The van der Waals surface area contributed by atoms with Crippen molar-refractivity contribution >= 4 is 54.0 Å². The number of aromatic amines is 2. The zero-order chi connectivity index (χ0) is 26.4. The summed E-state index contributed by atoms with van der Waals surface area (Å²) in [5, 5.41) is 8.18. The minimum atomic E-state index is 0.348. The maximum absolute atomic E-state index is 6.28. The van der Waals surface area contributed by atoms with Crippen LogP contribution in [0.5, 0.6) is 5.75 Å². The highest BCUT2D eigenvalue weighted by Gasteiger charge is 2.24. The molecule has 0 saturated heterocycles. The van der Waals surface area contributed by atoms with E-state index in [1.165, 1.54) is 37.4 Å². The van der Waals surface area contributed by atoms with E-state index in [-0.39, 0.29) is 0 Å². The van der Waals surface area contributed by atoms with Gasteiger partial charge in [0.1, 0.15) is 24.0 Å². The van der Waals surface area contributed by atoms with Crippen molar-refractivity contribution in [3.8, 4) is 28.1 Å². The van der Waals surface area contributed by atoms with E-state index in [9.17, 15) is 0 Å². The van der Waals surface area contributed by atoms with Gasteiger partial charge in [0.05, 0.1) is 22.4 Å². The fraction of sp³-hybridized carbons (Fsp3) is 0.212.